The van der Waals surface area contributed by atoms with E-state index in [0.29, 0.717) is 22.9 Å². The summed E-state index contributed by atoms with van der Waals surface area (Å²) in [5.74, 6) is 4.68. The second kappa shape index (κ2) is 14.5. The molecule has 234 valence electrons. The van der Waals surface area contributed by atoms with E-state index < -0.39 is 0 Å². The first-order valence-electron chi connectivity index (χ1n) is 17.9. The molecule has 0 heterocycles. The summed E-state index contributed by atoms with van der Waals surface area (Å²) < 4.78 is 0. The number of fused-ring (bicyclic) bond motifs is 5. The Morgan fingerprint density at radius 3 is 2.48 bits per heavy atom. The van der Waals surface area contributed by atoms with Crippen molar-refractivity contribution in [2.24, 2.45) is 40.4 Å². The topological polar surface area (TPSA) is 12.0 Å². The molecule has 42 heavy (non-hydrogen) atoms. The second-order valence-corrected chi connectivity index (χ2v) is 15.4. The van der Waals surface area contributed by atoms with Crippen LogP contribution in [0.4, 0.5) is 0 Å². The molecule has 0 bridgehead atoms. The molecular weight excluding hydrogens is 506 g/mol. The highest BCUT2D eigenvalue weighted by atomic mass is 14.9. The molecule has 7 unspecified atom stereocenters. The predicted octanol–water partition coefficient (Wildman–Crippen LogP) is 11.9. The Labute approximate surface area is 261 Å². The standard InChI is InChI=1S/C25H38.C16H27N/c1-6-7-13-25-14-12-19-20-10-8-17(2)15-23(20)24(4,5)16-21(19)22(25)11-9-18(25)3;1-5-9-16(17-15(6-2)7-3)14-11-8-10-13(4)12-14/h6,15,18-22H,1-2,7-14,16H2,3-5H3;8,10-12,15-17H,5-7,9H2,1-4H3. The molecule has 1 aromatic rings. The highest BCUT2D eigenvalue weighted by Gasteiger charge is 2.58. The number of nitrogens with one attached hydrogen (secondary N) is 1. The summed E-state index contributed by atoms with van der Waals surface area (Å²) in [7, 11) is 0. The largest absolute Gasteiger partial charge is 0.307 e. The van der Waals surface area contributed by atoms with E-state index in [-0.39, 0.29) is 0 Å². The maximum atomic E-state index is 4.30. The maximum Gasteiger partial charge on any atom is 0.0322 e. The second-order valence-electron chi connectivity index (χ2n) is 15.4. The van der Waals surface area contributed by atoms with Gasteiger partial charge in [0.05, 0.1) is 0 Å². The lowest BCUT2D eigenvalue weighted by Crippen LogP contribution is -2.50. The molecule has 0 amide bonds. The van der Waals surface area contributed by atoms with Gasteiger partial charge in [0.1, 0.15) is 0 Å². The SMILES string of the molecule is C=CCCC12CCC3C4CCC(=C)C=C4C(C)(C)CC3C1CCC2C.CCCC(NC(CC)CC)c1cccc(C)c1. The predicted molar refractivity (Wildman–Crippen MR) is 185 cm³/mol. The third-order valence-electron chi connectivity index (χ3n) is 12.5. The van der Waals surface area contributed by atoms with Crippen molar-refractivity contribution in [3.8, 4) is 0 Å². The van der Waals surface area contributed by atoms with Gasteiger partial charge in [-0.2, -0.15) is 0 Å². The Kier molecular flexibility index (Phi) is 11.5. The minimum atomic E-state index is 0.378. The van der Waals surface area contributed by atoms with E-state index in [1.54, 1.807) is 5.57 Å². The van der Waals surface area contributed by atoms with Gasteiger partial charge in [-0.25, -0.2) is 0 Å². The highest BCUT2D eigenvalue weighted by molar-refractivity contribution is 5.34. The Morgan fingerprint density at radius 1 is 1.05 bits per heavy atom. The van der Waals surface area contributed by atoms with Crippen molar-refractivity contribution < 1.29 is 0 Å². The lowest BCUT2D eigenvalue weighted by molar-refractivity contribution is -0.0548. The van der Waals surface area contributed by atoms with Crippen LogP contribution in [0, 0.1) is 47.3 Å². The van der Waals surface area contributed by atoms with Crippen LogP contribution in [0.1, 0.15) is 142 Å². The van der Waals surface area contributed by atoms with Gasteiger partial charge in [-0.3, -0.25) is 0 Å². The fourth-order valence-electron chi connectivity index (χ4n) is 10.2. The van der Waals surface area contributed by atoms with E-state index >= 15 is 0 Å². The number of hydrogen-bond donors (Lipinski definition) is 1. The first-order chi connectivity index (χ1) is 20.1. The average molecular weight is 572 g/mol. The van der Waals surface area contributed by atoms with Gasteiger partial charge in [-0.05, 0) is 130 Å². The van der Waals surface area contributed by atoms with Crippen LogP contribution in [-0.4, -0.2) is 6.04 Å². The Bertz CT molecular complexity index is 1070. The van der Waals surface area contributed by atoms with Crippen molar-refractivity contribution in [3.63, 3.8) is 0 Å². The lowest BCUT2D eigenvalue weighted by Gasteiger charge is -2.59. The molecule has 1 N–H and O–H groups in total. The van der Waals surface area contributed by atoms with Crippen molar-refractivity contribution in [1.82, 2.24) is 5.32 Å². The molecular formula is C41H65N. The summed E-state index contributed by atoms with van der Waals surface area (Å²) in [6.07, 6.45) is 22.1. The fraction of sp³-hybridized carbons (Fsp3) is 0.707. The normalized spacial score (nSPS) is 32.1. The monoisotopic (exact) mass is 572 g/mol. The molecule has 3 saturated carbocycles. The van der Waals surface area contributed by atoms with Crippen LogP contribution in [0.3, 0.4) is 0 Å². The van der Waals surface area contributed by atoms with E-state index in [0.717, 1.165) is 29.6 Å². The first kappa shape index (κ1) is 33.3. The number of benzene rings is 1. The van der Waals surface area contributed by atoms with Gasteiger partial charge >= 0.3 is 0 Å². The smallest absolute Gasteiger partial charge is 0.0322 e. The summed E-state index contributed by atoms with van der Waals surface area (Å²) in [6.45, 7) is 24.9. The van der Waals surface area contributed by atoms with E-state index in [1.807, 2.05) is 0 Å². The van der Waals surface area contributed by atoms with Crippen LogP contribution >= 0.6 is 0 Å². The molecule has 0 radical (unpaired) electrons. The van der Waals surface area contributed by atoms with Gasteiger partial charge in [-0.1, -0.05) is 108 Å². The summed E-state index contributed by atoms with van der Waals surface area (Å²) in [5, 5.41) is 3.80. The minimum Gasteiger partial charge on any atom is -0.307 e. The first-order valence-corrected chi connectivity index (χ1v) is 17.9. The van der Waals surface area contributed by atoms with E-state index in [1.165, 1.54) is 100 Å². The zero-order valence-corrected chi connectivity index (χ0v) is 28.6. The van der Waals surface area contributed by atoms with Gasteiger partial charge in [0, 0.05) is 12.1 Å². The Balaban J connectivity index is 0.000000209. The third-order valence-corrected chi connectivity index (χ3v) is 12.5. The molecule has 3 fully saturated rings. The van der Waals surface area contributed by atoms with Crippen LogP contribution in [0.15, 0.2) is 60.7 Å². The van der Waals surface area contributed by atoms with Crippen LogP contribution in [-0.2, 0) is 0 Å². The summed E-state index contributed by atoms with van der Waals surface area (Å²) >= 11 is 0. The van der Waals surface area contributed by atoms with E-state index in [2.05, 4.69) is 103 Å². The Hall–Kier alpha value is -1.60. The maximum absolute atomic E-state index is 4.30. The molecule has 5 rings (SSSR count). The molecule has 0 aromatic heterocycles. The van der Waals surface area contributed by atoms with E-state index in [9.17, 15) is 0 Å². The quantitative estimate of drug-likeness (QED) is 0.275. The molecule has 1 aromatic carbocycles. The van der Waals surface area contributed by atoms with Crippen molar-refractivity contribution in [1.29, 1.82) is 0 Å². The van der Waals surface area contributed by atoms with Gasteiger partial charge in [0.2, 0.25) is 0 Å². The van der Waals surface area contributed by atoms with Crippen molar-refractivity contribution >= 4 is 0 Å². The number of rotatable bonds is 10. The van der Waals surface area contributed by atoms with Gasteiger partial charge in [-0.15, -0.1) is 6.58 Å². The molecule has 1 nitrogen and oxygen atoms in total. The molecule has 4 aliphatic rings. The molecule has 7 atom stereocenters. The number of aryl methyl sites for hydroxylation is 1. The molecule has 0 aliphatic heterocycles. The van der Waals surface area contributed by atoms with E-state index in [4.69, 9.17) is 0 Å². The van der Waals surface area contributed by atoms with Crippen LogP contribution in [0.25, 0.3) is 0 Å². The van der Waals surface area contributed by atoms with Crippen molar-refractivity contribution in [2.45, 2.75) is 144 Å². The molecule has 4 aliphatic carbocycles. The third kappa shape index (κ3) is 7.03. The molecule has 0 saturated heterocycles. The van der Waals surface area contributed by atoms with Gasteiger partial charge < -0.3 is 5.32 Å². The molecule has 0 spiro atoms. The highest BCUT2D eigenvalue weighted by Crippen LogP contribution is 2.67. The minimum absolute atomic E-state index is 0.378. The van der Waals surface area contributed by atoms with Crippen LogP contribution in [0.2, 0.25) is 0 Å². The Morgan fingerprint density at radius 2 is 1.81 bits per heavy atom. The summed E-state index contributed by atoms with van der Waals surface area (Å²) in [5.41, 5.74) is 6.94. The van der Waals surface area contributed by atoms with Gasteiger partial charge in [0.15, 0.2) is 0 Å². The molecule has 1 heteroatoms. The number of allylic oxidation sites excluding steroid dienone is 4. The zero-order valence-electron chi connectivity index (χ0n) is 28.6. The van der Waals surface area contributed by atoms with Crippen LogP contribution < -0.4 is 5.32 Å². The van der Waals surface area contributed by atoms with Crippen molar-refractivity contribution in [2.75, 3.05) is 0 Å². The van der Waals surface area contributed by atoms with Crippen LogP contribution in [0.5, 0.6) is 0 Å². The number of hydrogen-bond acceptors (Lipinski definition) is 1. The van der Waals surface area contributed by atoms with Crippen molar-refractivity contribution in [3.05, 3.63) is 71.8 Å². The average Bonchev–Trinajstić information content (AvgIpc) is 3.31. The summed E-state index contributed by atoms with van der Waals surface area (Å²) in [6, 6.07) is 10.1. The fourth-order valence-corrected chi connectivity index (χ4v) is 10.2. The van der Waals surface area contributed by atoms with Gasteiger partial charge in [0.25, 0.3) is 0 Å². The zero-order chi connectivity index (χ0) is 30.5. The summed E-state index contributed by atoms with van der Waals surface area (Å²) in [4.78, 5) is 0. The lowest BCUT2D eigenvalue weighted by atomic mass is 9.46.